The second-order valence-electron chi connectivity index (χ2n) is 7.04. The molecule has 1 aliphatic rings. The fourth-order valence-electron chi connectivity index (χ4n) is 3.03. The molecule has 2 aromatic rings. The van der Waals surface area contributed by atoms with Gasteiger partial charge >= 0.3 is 5.97 Å². The standard InChI is InChI=1S/C22H21FN2O5/c1-4-12(2)25-20(27)17-10-5-14(11-18(17)21(25)28)22(29)30-13(3)19(26)24-16-8-6-15(23)7-9-16/h5-13H,4H2,1-3H3,(H,24,26)/t12-,13-/m1/s1. The fraction of sp³-hybridized carbons (Fsp3) is 0.273. The molecule has 0 radical (unpaired) electrons. The summed E-state index contributed by atoms with van der Waals surface area (Å²) >= 11 is 0. The highest BCUT2D eigenvalue weighted by Crippen LogP contribution is 2.27. The second kappa shape index (κ2) is 8.44. The molecule has 0 saturated heterocycles. The average Bonchev–Trinajstić information content (AvgIpc) is 2.98. The lowest BCUT2D eigenvalue weighted by Crippen LogP contribution is -2.37. The molecule has 2 aromatic carbocycles. The number of esters is 1. The van der Waals surface area contributed by atoms with Gasteiger partial charge in [0.1, 0.15) is 5.82 Å². The first kappa shape index (κ1) is 21.2. The molecule has 0 unspecified atom stereocenters. The van der Waals surface area contributed by atoms with Gasteiger partial charge in [-0.15, -0.1) is 0 Å². The van der Waals surface area contributed by atoms with E-state index >= 15 is 0 Å². The van der Waals surface area contributed by atoms with Crippen LogP contribution in [0.15, 0.2) is 42.5 Å². The first-order valence-electron chi connectivity index (χ1n) is 9.52. The Balaban J connectivity index is 1.70. The topological polar surface area (TPSA) is 92.8 Å². The monoisotopic (exact) mass is 412 g/mol. The molecule has 1 N–H and O–H groups in total. The number of halogens is 1. The Hall–Kier alpha value is -3.55. The van der Waals surface area contributed by atoms with Gasteiger partial charge < -0.3 is 10.1 Å². The minimum absolute atomic E-state index is 0.0577. The molecule has 1 aliphatic heterocycles. The van der Waals surface area contributed by atoms with Gasteiger partial charge in [-0.05, 0) is 62.7 Å². The zero-order chi connectivity index (χ0) is 22.0. The normalized spacial score (nSPS) is 14.9. The Labute approximate surface area is 172 Å². The van der Waals surface area contributed by atoms with Crippen LogP contribution in [0, 0.1) is 5.82 Å². The SMILES string of the molecule is CC[C@@H](C)N1C(=O)c2ccc(C(=O)O[C@H](C)C(=O)Nc3ccc(F)cc3)cc2C1=O. The Bertz CT molecular complexity index is 1020. The van der Waals surface area contributed by atoms with E-state index in [0.717, 1.165) is 0 Å². The number of carbonyl (C=O) groups is 4. The lowest BCUT2D eigenvalue weighted by molar-refractivity contribution is -0.123. The molecule has 0 fully saturated rings. The number of fused-ring (bicyclic) bond motifs is 1. The van der Waals surface area contributed by atoms with Crippen LogP contribution in [0.4, 0.5) is 10.1 Å². The second-order valence-corrected chi connectivity index (χ2v) is 7.04. The van der Waals surface area contributed by atoms with Gasteiger partial charge in [0.15, 0.2) is 6.10 Å². The molecule has 0 bridgehead atoms. The molecule has 156 valence electrons. The summed E-state index contributed by atoms with van der Waals surface area (Å²) in [5.41, 5.74) is 0.788. The van der Waals surface area contributed by atoms with E-state index in [2.05, 4.69) is 5.32 Å². The highest BCUT2D eigenvalue weighted by molar-refractivity contribution is 6.22. The molecule has 8 heteroatoms. The van der Waals surface area contributed by atoms with Crippen molar-refractivity contribution in [1.82, 2.24) is 4.90 Å². The van der Waals surface area contributed by atoms with Gasteiger partial charge in [-0.3, -0.25) is 19.3 Å². The van der Waals surface area contributed by atoms with Crippen LogP contribution in [0.25, 0.3) is 0 Å². The molecule has 30 heavy (non-hydrogen) atoms. The number of ether oxygens (including phenoxy) is 1. The number of hydrogen-bond donors (Lipinski definition) is 1. The van der Waals surface area contributed by atoms with Crippen molar-refractivity contribution < 1.29 is 28.3 Å². The van der Waals surface area contributed by atoms with Crippen LogP contribution in [0.3, 0.4) is 0 Å². The summed E-state index contributed by atoms with van der Waals surface area (Å²) in [5.74, 6) is -2.69. The van der Waals surface area contributed by atoms with Crippen LogP contribution in [0.1, 0.15) is 58.3 Å². The minimum atomic E-state index is -1.13. The number of nitrogens with zero attached hydrogens (tertiary/aromatic N) is 1. The van der Waals surface area contributed by atoms with Gasteiger partial charge in [0.25, 0.3) is 17.7 Å². The van der Waals surface area contributed by atoms with Crippen molar-refractivity contribution in [3.63, 3.8) is 0 Å². The quantitative estimate of drug-likeness (QED) is 0.580. The smallest absolute Gasteiger partial charge is 0.338 e. The largest absolute Gasteiger partial charge is 0.449 e. The minimum Gasteiger partial charge on any atom is -0.449 e. The molecule has 1 heterocycles. The molecule has 7 nitrogen and oxygen atoms in total. The molecule has 2 atom stereocenters. The van der Waals surface area contributed by atoms with Crippen molar-refractivity contribution in [2.75, 3.05) is 5.32 Å². The molecule has 0 spiro atoms. The summed E-state index contributed by atoms with van der Waals surface area (Å²) in [4.78, 5) is 50.9. The summed E-state index contributed by atoms with van der Waals surface area (Å²) in [5, 5.41) is 2.52. The van der Waals surface area contributed by atoms with Gasteiger partial charge in [0, 0.05) is 11.7 Å². The summed E-state index contributed by atoms with van der Waals surface area (Å²) in [7, 11) is 0. The number of benzene rings is 2. The lowest BCUT2D eigenvalue weighted by Gasteiger charge is -2.20. The van der Waals surface area contributed by atoms with Crippen LogP contribution < -0.4 is 5.32 Å². The maximum atomic E-state index is 12.9. The molecule has 3 rings (SSSR count). The molecule has 3 amide bonds. The number of anilines is 1. The van der Waals surface area contributed by atoms with Crippen LogP contribution in [0.5, 0.6) is 0 Å². The van der Waals surface area contributed by atoms with Crippen molar-refractivity contribution in [2.24, 2.45) is 0 Å². The van der Waals surface area contributed by atoms with Crippen LogP contribution in [0.2, 0.25) is 0 Å². The van der Waals surface area contributed by atoms with E-state index in [1.165, 1.54) is 54.3 Å². The molecular formula is C22H21FN2O5. The summed E-state index contributed by atoms with van der Waals surface area (Å²) in [6.45, 7) is 5.04. The number of nitrogens with one attached hydrogen (secondary N) is 1. The van der Waals surface area contributed by atoms with Crippen molar-refractivity contribution in [3.8, 4) is 0 Å². The zero-order valence-electron chi connectivity index (χ0n) is 16.8. The van der Waals surface area contributed by atoms with Crippen LogP contribution in [-0.4, -0.2) is 40.7 Å². The fourth-order valence-corrected chi connectivity index (χ4v) is 3.03. The van der Waals surface area contributed by atoms with Gasteiger partial charge in [-0.25, -0.2) is 9.18 Å². The summed E-state index contributed by atoms with van der Waals surface area (Å²) < 4.78 is 18.1. The number of rotatable bonds is 6. The predicted molar refractivity (Wildman–Crippen MR) is 107 cm³/mol. The third kappa shape index (κ3) is 4.07. The Morgan fingerprint density at radius 1 is 1.03 bits per heavy atom. The van der Waals surface area contributed by atoms with E-state index in [0.29, 0.717) is 12.1 Å². The van der Waals surface area contributed by atoms with Gasteiger partial charge in [0.2, 0.25) is 0 Å². The van der Waals surface area contributed by atoms with Crippen molar-refractivity contribution in [1.29, 1.82) is 0 Å². The summed E-state index contributed by atoms with van der Waals surface area (Å²) in [6, 6.07) is 9.00. The summed E-state index contributed by atoms with van der Waals surface area (Å²) in [6.07, 6.45) is -0.522. The zero-order valence-corrected chi connectivity index (χ0v) is 16.8. The number of carbonyl (C=O) groups excluding carboxylic acids is 4. The van der Waals surface area contributed by atoms with E-state index in [9.17, 15) is 23.6 Å². The van der Waals surface area contributed by atoms with E-state index in [1.807, 2.05) is 6.92 Å². The van der Waals surface area contributed by atoms with Gasteiger partial charge in [-0.1, -0.05) is 6.92 Å². The lowest BCUT2D eigenvalue weighted by atomic mass is 10.1. The highest BCUT2D eigenvalue weighted by Gasteiger charge is 2.38. The number of hydrogen-bond acceptors (Lipinski definition) is 5. The van der Waals surface area contributed by atoms with Crippen molar-refractivity contribution in [3.05, 3.63) is 65.0 Å². The maximum Gasteiger partial charge on any atom is 0.338 e. The average molecular weight is 412 g/mol. The van der Waals surface area contributed by atoms with Crippen molar-refractivity contribution in [2.45, 2.75) is 39.3 Å². The van der Waals surface area contributed by atoms with Crippen LogP contribution >= 0.6 is 0 Å². The predicted octanol–water partition coefficient (Wildman–Crippen LogP) is 3.40. The first-order chi connectivity index (χ1) is 14.2. The molecule has 0 saturated carbocycles. The number of amides is 3. The highest BCUT2D eigenvalue weighted by atomic mass is 19.1. The van der Waals surface area contributed by atoms with Gasteiger partial charge in [0.05, 0.1) is 16.7 Å². The third-order valence-corrected chi connectivity index (χ3v) is 4.95. The molecule has 0 aromatic heterocycles. The van der Waals surface area contributed by atoms with Crippen molar-refractivity contribution >= 4 is 29.4 Å². The Morgan fingerprint density at radius 3 is 2.30 bits per heavy atom. The third-order valence-electron chi connectivity index (χ3n) is 4.95. The van der Waals surface area contributed by atoms with E-state index < -0.39 is 35.6 Å². The molecule has 0 aliphatic carbocycles. The van der Waals surface area contributed by atoms with E-state index in [-0.39, 0.29) is 22.7 Å². The Kier molecular flexibility index (Phi) is 5.96. The van der Waals surface area contributed by atoms with Crippen LogP contribution in [-0.2, 0) is 9.53 Å². The van der Waals surface area contributed by atoms with Gasteiger partial charge in [-0.2, -0.15) is 0 Å². The Morgan fingerprint density at radius 2 is 1.67 bits per heavy atom. The van der Waals surface area contributed by atoms with E-state index in [1.54, 1.807) is 6.92 Å². The number of imide groups is 1. The first-order valence-corrected chi connectivity index (χ1v) is 9.52. The van der Waals surface area contributed by atoms with E-state index in [4.69, 9.17) is 4.74 Å². The maximum absolute atomic E-state index is 12.9. The molecular weight excluding hydrogens is 391 g/mol.